The molecule has 25 heavy (non-hydrogen) atoms. The maximum atomic E-state index is 11.6. The van der Waals surface area contributed by atoms with Crippen molar-refractivity contribution in [1.29, 1.82) is 0 Å². The van der Waals surface area contributed by atoms with Crippen LogP contribution in [0.25, 0.3) is 11.3 Å². The van der Waals surface area contributed by atoms with Gasteiger partial charge in [-0.1, -0.05) is 37.3 Å². The molecule has 0 aliphatic rings. The molecule has 0 saturated carbocycles. The molecular formula is C20H20N4O. The Bertz CT molecular complexity index is 832. The molecule has 0 atom stereocenters. The fourth-order valence-electron chi connectivity index (χ4n) is 2.43. The van der Waals surface area contributed by atoms with E-state index in [2.05, 4.69) is 20.6 Å². The molecule has 2 N–H and O–H groups in total. The van der Waals surface area contributed by atoms with E-state index in [9.17, 15) is 4.79 Å². The number of carbonyl (C=O) groups excluding carboxylic acids is 1. The molecule has 126 valence electrons. The summed E-state index contributed by atoms with van der Waals surface area (Å²) in [5.74, 6) is 0.753. The number of amides is 1. The van der Waals surface area contributed by atoms with E-state index < -0.39 is 0 Å². The first-order chi connectivity index (χ1) is 12.2. The highest BCUT2D eigenvalue weighted by Crippen LogP contribution is 2.21. The van der Waals surface area contributed by atoms with Crippen molar-refractivity contribution in [2.24, 2.45) is 0 Å². The van der Waals surface area contributed by atoms with E-state index in [4.69, 9.17) is 0 Å². The number of rotatable bonds is 6. The quantitative estimate of drug-likeness (QED) is 0.691. The average Bonchev–Trinajstić information content (AvgIpc) is 2.65. The molecule has 2 aromatic carbocycles. The van der Waals surface area contributed by atoms with Crippen LogP contribution in [0.5, 0.6) is 0 Å². The summed E-state index contributed by atoms with van der Waals surface area (Å²) >= 11 is 0. The van der Waals surface area contributed by atoms with Gasteiger partial charge in [0.05, 0.1) is 5.69 Å². The largest absolute Gasteiger partial charge is 0.340 e. The number of nitrogens with one attached hydrogen (secondary N) is 2. The van der Waals surface area contributed by atoms with Crippen LogP contribution in [0.15, 0.2) is 67.0 Å². The number of carbonyl (C=O) groups is 1. The van der Waals surface area contributed by atoms with Crippen LogP contribution in [0, 0.1) is 0 Å². The highest BCUT2D eigenvalue weighted by molar-refractivity contribution is 5.90. The van der Waals surface area contributed by atoms with E-state index in [-0.39, 0.29) is 5.91 Å². The average molecular weight is 332 g/mol. The Kier molecular flexibility index (Phi) is 5.36. The van der Waals surface area contributed by atoms with Crippen molar-refractivity contribution in [3.8, 4) is 11.3 Å². The van der Waals surface area contributed by atoms with E-state index >= 15 is 0 Å². The standard InChI is InChI=1S/C20H20N4O/c1-2-6-20(25)24-17-11-9-16(10-12-17)23-19-13-18(21-14-22-19)15-7-4-3-5-8-15/h3-5,7-14H,2,6H2,1H3,(H,24,25)(H,21,22,23). The summed E-state index contributed by atoms with van der Waals surface area (Å²) in [6.45, 7) is 1.98. The van der Waals surface area contributed by atoms with E-state index in [1.54, 1.807) is 6.33 Å². The zero-order chi connectivity index (χ0) is 17.5. The lowest BCUT2D eigenvalue weighted by atomic mass is 10.1. The SMILES string of the molecule is CCCC(=O)Nc1ccc(Nc2cc(-c3ccccc3)ncn2)cc1. The molecule has 0 radical (unpaired) electrons. The van der Waals surface area contributed by atoms with Crippen LogP contribution in [-0.2, 0) is 4.79 Å². The van der Waals surface area contributed by atoms with Gasteiger partial charge in [0.1, 0.15) is 12.1 Å². The molecule has 1 aromatic heterocycles. The van der Waals surface area contributed by atoms with Crippen molar-refractivity contribution in [3.63, 3.8) is 0 Å². The minimum Gasteiger partial charge on any atom is -0.340 e. The summed E-state index contributed by atoms with van der Waals surface area (Å²) in [6.07, 6.45) is 2.91. The monoisotopic (exact) mass is 332 g/mol. The molecule has 1 heterocycles. The Morgan fingerprint density at radius 1 is 0.960 bits per heavy atom. The molecule has 0 saturated heterocycles. The summed E-state index contributed by atoms with van der Waals surface area (Å²) < 4.78 is 0. The Morgan fingerprint density at radius 2 is 1.68 bits per heavy atom. The summed E-state index contributed by atoms with van der Waals surface area (Å²) in [5, 5.41) is 6.13. The number of hydrogen-bond donors (Lipinski definition) is 2. The lowest BCUT2D eigenvalue weighted by molar-refractivity contribution is -0.116. The minimum atomic E-state index is 0.0338. The third-order valence-electron chi connectivity index (χ3n) is 3.65. The topological polar surface area (TPSA) is 66.9 Å². The molecule has 3 aromatic rings. The van der Waals surface area contributed by atoms with Crippen molar-refractivity contribution in [2.45, 2.75) is 19.8 Å². The van der Waals surface area contributed by atoms with Crippen LogP contribution in [0.1, 0.15) is 19.8 Å². The highest BCUT2D eigenvalue weighted by atomic mass is 16.1. The number of aromatic nitrogens is 2. The van der Waals surface area contributed by atoms with E-state index in [0.717, 1.165) is 34.9 Å². The predicted octanol–water partition coefficient (Wildman–Crippen LogP) is 4.63. The van der Waals surface area contributed by atoms with E-state index in [0.29, 0.717) is 6.42 Å². The summed E-state index contributed by atoms with van der Waals surface area (Å²) in [7, 11) is 0. The molecule has 1 amide bonds. The second kappa shape index (κ2) is 8.06. The van der Waals surface area contributed by atoms with Crippen LogP contribution in [0.2, 0.25) is 0 Å². The molecular weight excluding hydrogens is 312 g/mol. The third-order valence-corrected chi connectivity index (χ3v) is 3.65. The Balaban J connectivity index is 1.69. The lowest BCUT2D eigenvalue weighted by Crippen LogP contribution is -2.10. The van der Waals surface area contributed by atoms with Gasteiger partial charge in [-0.05, 0) is 30.7 Å². The van der Waals surface area contributed by atoms with Crippen molar-refractivity contribution >= 4 is 23.1 Å². The molecule has 0 aliphatic carbocycles. The highest BCUT2D eigenvalue weighted by Gasteiger charge is 2.03. The number of nitrogens with zero attached hydrogens (tertiary/aromatic N) is 2. The minimum absolute atomic E-state index is 0.0338. The van der Waals surface area contributed by atoms with Crippen molar-refractivity contribution in [3.05, 3.63) is 67.0 Å². The third kappa shape index (κ3) is 4.64. The number of anilines is 3. The van der Waals surface area contributed by atoms with Gasteiger partial charge < -0.3 is 10.6 Å². The lowest BCUT2D eigenvalue weighted by Gasteiger charge is -2.09. The molecule has 0 bridgehead atoms. The number of benzene rings is 2. The van der Waals surface area contributed by atoms with Crippen molar-refractivity contribution in [1.82, 2.24) is 9.97 Å². The zero-order valence-electron chi connectivity index (χ0n) is 14.1. The fourth-order valence-corrected chi connectivity index (χ4v) is 2.43. The van der Waals surface area contributed by atoms with Gasteiger partial charge in [-0.2, -0.15) is 0 Å². The first-order valence-corrected chi connectivity index (χ1v) is 8.29. The molecule has 0 aliphatic heterocycles. The van der Waals surface area contributed by atoms with Gasteiger partial charge in [0.2, 0.25) is 5.91 Å². The maximum Gasteiger partial charge on any atom is 0.224 e. The van der Waals surface area contributed by atoms with Crippen LogP contribution >= 0.6 is 0 Å². The smallest absolute Gasteiger partial charge is 0.224 e. The first kappa shape index (κ1) is 16.6. The van der Waals surface area contributed by atoms with Crippen LogP contribution in [0.4, 0.5) is 17.2 Å². The summed E-state index contributed by atoms with van der Waals surface area (Å²) in [5.41, 5.74) is 3.59. The van der Waals surface area contributed by atoms with Gasteiger partial charge in [0, 0.05) is 29.4 Å². The Morgan fingerprint density at radius 3 is 2.40 bits per heavy atom. The Hall–Kier alpha value is -3.21. The van der Waals surface area contributed by atoms with Gasteiger partial charge in [-0.3, -0.25) is 4.79 Å². The molecule has 0 fully saturated rings. The predicted molar refractivity (Wildman–Crippen MR) is 101 cm³/mol. The molecule has 3 rings (SSSR count). The maximum absolute atomic E-state index is 11.6. The normalized spacial score (nSPS) is 10.3. The van der Waals surface area contributed by atoms with Crippen LogP contribution < -0.4 is 10.6 Å². The van der Waals surface area contributed by atoms with Gasteiger partial charge in [-0.25, -0.2) is 9.97 Å². The van der Waals surface area contributed by atoms with Gasteiger partial charge in [0.15, 0.2) is 0 Å². The van der Waals surface area contributed by atoms with Gasteiger partial charge in [0.25, 0.3) is 0 Å². The van der Waals surface area contributed by atoms with Gasteiger partial charge in [-0.15, -0.1) is 0 Å². The van der Waals surface area contributed by atoms with Crippen molar-refractivity contribution < 1.29 is 4.79 Å². The first-order valence-electron chi connectivity index (χ1n) is 8.29. The van der Waals surface area contributed by atoms with Crippen molar-refractivity contribution in [2.75, 3.05) is 10.6 Å². The number of hydrogen-bond acceptors (Lipinski definition) is 4. The zero-order valence-corrected chi connectivity index (χ0v) is 14.1. The summed E-state index contributed by atoms with van der Waals surface area (Å²) in [4.78, 5) is 20.2. The molecule has 0 unspecified atom stereocenters. The molecule has 5 heteroatoms. The van der Waals surface area contributed by atoms with Crippen LogP contribution in [0.3, 0.4) is 0 Å². The van der Waals surface area contributed by atoms with Crippen LogP contribution in [-0.4, -0.2) is 15.9 Å². The fraction of sp³-hybridized carbons (Fsp3) is 0.150. The molecule has 0 spiro atoms. The summed E-state index contributed by atoms with van der Waals surface area (Å²) in [6, 6.07) is 19.4. The second-order valence-corrected chi connectivity index (χ2v) is 5.66. The Labute approximate surface area is 147 Å². The van der Waals surface area contributed by atoms with E-state index in [1.807, 2.05) is 67.6 Å². The van der Waals surface area contributed by atoms with E-state index in [1.165, 1.54) is 0 Å². The molecule has 5 nitrogen and oxygen atoms in total. The van der Waals surface area contributed by atoms with Gasteiger partial charge >= 0.3 is 0 Å². The second-order valence-electron chi connectivity index (χ2n) is 5.66.